The van der Waals surface area contributed by atoms with Gasteiger partial charge in [0.25, 0.3) is 0 Å². The van der Waals surface area contributed by atoms with Gasteiger partial charge in [0.2, 0.25) is 0 Å². The van der Waals surface area contributed by atoms with E-state index in [0.29, 0.717) is 0 Å². The quantitative estimate of drug-likeness (QED) is 0.241. The average molecular weight is 370 g/mol. The van der Waals surface area contributed by atoms with Gasteiger partial charge in [0.15, 0.2) is 12.6 Å². The lowest BCUT2D eigenvalue weighted by Gasteiger charge is -2.41. The van der Waals surface area contributed by atoms with E-state index < -0.39 is 68.0 Å². The van der Waals surface area contributed by atoms with Crippen LogP contribution in [0.2, 0.25) is 0 Å². The molecule has 11 heteroatoms. The monoisotopic (exact) mass is 370 g/mol. The number of aliphatic hydroxyl groups excluding tert-OH is 6. The van der Waals surface area contributed by atoms with Gasteiger partial charge in [0.1, 0.15) is 48.8 Å². The summed E-state index contributed by atoms with van der Waals surface area (Å²) in [5.41, 5.74) is 0. The summed E-state index contributed by atoms with van der Waals surface area (Å²) in [6, 6.07) is 0. The second-order valence-electron chi connectivity index (χ2n) is 5.99. The molecule has 0 amide bonds. The van der Waals surface area contributed by atoms with Crippen LogP contribution >= 0.6 is 0 Å². The Kier molecular flexibility index (Phi) is 7.49. The molecule has 9 atom stereocenters. The fourth-order valence-corrected chi connectivity index (χ4v) is 2.94. The first kappa shape index (κ1) is 20.9. The zero-order valence-corrected chi connectivity index (χ0v) is 13.9. The molecule has 148 valence electrons. The second kappa shape index (κ2) is 8.97. The van der Waals surface area contributed by atoms with E-state index in [1.165, 1.54) is 14.2 Å². The normalized spacial score (nSPS) is 43.6. The standard InChI is InChI=1S/C14H26O11/c1-21-13(22-2)10(20)12-11(5(16)4-23-12)25-14-9(19)8(18)7(17)6(3-15)24-14/h5-20H,3-4H2,1-2H3/t5?,6-,7+,8-,9-,10?,11?,12?,14+/m1/s1. The summed E-state index contributed by atoms with van der Waals surface area (Å²) >= 11 is 0. The van der Waals surface area contributed by atoms with Crippen molar-refractivity contribution in [3.8, 4) is 0 Å². The van der Waals surface area contributed by atoms with Crippen molar-refractivity contribution >= 4 is 0 Å². The second-order valence-corrected chi connectivity index (χ2v) is 5.99. The van der Waals surface area contributed by atoms with Crippen molar-refractivity contribution < 1.29 is 54.3 Å². The molecule has 0 bridgehead atoms. The highest BCUT2D eigenvalue weighted by atomic mass is 16.7. The number of aliphatic hydroxyl groups is 6. The first-order valence-electron chi connectivity index (χ1n) is 7.85. The predicted molar refractivity (Wildman–Crippen MR) is 78.2 cm³/mol. The zero-order valence-electron chi connectivity index (χ0n) is 13.9. The van der Waals surface area contributed by atoms with Gasteiger partial charge >= 0.3 is 0 Å². The van der Waals surface area contributed by atoms with E-state index in [2.05, 4.69) is 0 Å². The van der Waals surface area contributed by atoms with Gasteiger partial charge in [-0.2, -0.15) is 0 Å². The van der Waals surface area contributed by atoms with Crippen molar-refractivity contribution in [2.24, 2.45) is 0 Å². The maximum Gasteiger partial charge on any atom is 0.187 e. The highest BCUT2D eigenvalue weighted by Gasteiger charge is 2.50. The lowest BCUT2D eigenvalue weighted by atomic mass is 9.99. The van der Waals surface area contributed by atoms with Crippen LogP contribution in [-0.4, -0.2) is 119 Å². The van der Waals surface area contributed by atoms with E-state index in [4.69, 9.17) is 23.7 Å². The van der Waals surface area contributed by atoms with Crippen LogP contribution in [0.15, 0.2) is 0 Å². The Labute approximate surface area is 144 Å². The molecule has 2 heterocycles. The minimum absolute atomic E-state index is 0.149. The minimum atomic E-state index is -1.64. The molecule has 4 unspecified atom stereocenters. The van der Waals surface area contributed by atoms with E-state index in [1.807, 2.05) is 0 Å². The molecule has 0 aromatic rings. The fraction of sp³-hybridized carbons (Fsp3) is 1.00. The van der Waals surface area contributed by atoms with Crippen LogP contribution in [0, 0.1) is 0 Å². The van der Waals surface area contributed by atoms with Crippen LogP contribution in [0.5, 0.6) is 0 Å². The Morgan fingerprint density at radius 2 is 1.68 bits per heavy atom. The van der Waals surface area contributed by atoms with Crippen LogP contribution in [0.4, 0.5) is 0 Å². The maximum atomic E-state index is 10.3. The van der Waals surface area contributed by atoms with E-state index in [0.717, 1.165) is 0 Å². The molecular formula is C14H26O11. The summed E-state index contributed by atoms with van der Waals surface area (Å²) in [7, 11) is 2.63. The number of hydrogen-bond acceptors (Lipinski definition) is 11. The van der Waals surface area contributed by atoms with Gasteiger partial charge in [-0.1, -0.05) is 0 Å². The Hall–Kier alpha value is -0.440. The third-order valence-electron chi connectivity index (χ3n) is 4.38. The summed E-state index contributed by atoms with van der Waals surface area (Å²) in [6.07, 6.45) is -13.1. The Balaban J connectivity index is 2.10. The van der Waals surface area contributed by atoms with E-state index >= 15 is 0 Å². The van der Waals surface area contributed by atoms with Crippen molar-refractivity contribution in [1.82, 2.24) is 0 Å². The van der Waals surface area contributed by atoms with Gasteiger partial charge < -0.3 is 54.3 Å². The molecule has 25 heavy (non-hydrogen) atoms. The number of methoxy groups -OCH3 is 2. The fourth-order valence-electron chi connectivity index (χ4n) is 2.94. The minimum Gasteiger partial charge on any atom is -0.394 e. The molecule has 2 aliphatic rings. The molecule has 2 saturated heterocycles. The van der Waals surface area contributed by atoms with Crippen molar-refractivity contribution in [2.75, 3.05) is 27.4 Å². The summed E-state index contributed by atoms with van der Waals surface area (Å²) in [5.74, 6) is 0. The lowest BCUT2D eigenvalue weighted by molar-refractivity contribution is -0.321. The van der Waals surface area contributed by atoms with Gasteiger partial charge in [-0.05, 0) is 0 Å². The van der Waals surface area contributed by atoms with Gasteiger partial charge in [0, 0.05) is 14.2 Å². The molecular weight excluding hydrogens is 344 g/mol. The first-order chi connectivity index (χ1) is 11.8. The van der Waals surface area contributed by atoms with Crippen LogP contribution in [0.3, 0.4) is 0 Å². The average Bonchev–Trinajstić information content (AvgIpc) is 2.97. The Bertz CT molecular complexity index is 404. The molecule has 0 aliphatic carbocycles. The third kappa shape index (κ3) is 4.28. The van der Waals surface area contributed by atoms with Gasteiger partial charge in [-0.15, -0.1) is 0 Å². The molecule has 0 spiro atoms. The molecule has 2 rings (SSSR count). The van der Waals surface area contributed by atoms with Crippen LogP contribution in [0.1, 0.15) is 0 Å². The topological polar surface area (TPSA) is 168 Å². The van der Waals surface area contributed by atoms with Gasteiger partial charge in [-0.3, -0.25) is 0 Å². The van der Waals surface area contributed by atoms with E-state index in [9.17, 15) is 30.6 Å². The molecule has 2 aliphatic heterocycles. The summed E-state index contributed by atoms with van der Waals surface area (Å²) in [6.45, 7) is -0.764. The van der Waals surface area contributed by atoms with E-state index in [1.54, 1.807) is 0 Å². The Morgan fingerprint density at radius 3 is 2.24 bits per heavy atom. The van der Waals surface area contributed by atoms with Crippen molar-refractivity contribution in [1.29, 1.82) is 0 Å². The predicted octanol–water partition coefficient (Wildman–Crippen LogP) is -4.09. The molecule has 11 nitrogen and oxygen atoms in total. The van der Waals surface area contributed by atoms with Gasteiger partial charge in [0.05, 0.1) is 13.2 Å². The smallest absolute Gasteiger partial charge is 0.187 e. The van der Waals surface area contributed by atoms with Crippen LogP contribution < -0.4 is 0 Å². The van der Waals surface area contributed by atoms with Crippen molar-refractivity contribution in [2.45, 2.75) is 61.4 Å². The molecule has 0 saturated carbocycles. The van der Waals surface area contributed by atoms with E-state index in [-0.39, 0.29) is 6.61 Å². The summed E-state index contributed by atoms with van der Waals surface area (Å²) < 4.78 is 26.0. The number of rotatable bonds is 7. The lowest BCUT2D eigenvalue weighted by Crippen LogP contribution is -2.61. The molecule has 0 radical (unpaired) electrons. The third-order valence-corrected chi connectivity index (χ3v) is 4.38. The maximum absolute atomic E-state index is 10.3. The highest BCUT2D eigenvalue weighted by Crippen LogP contribution is 2.29. The molecule has 2 fully saturated rings. The van der Waals surface area contributed by atoms with Crippen LogP contribution in [-0.2, 0) is 23.7 Å². The highest BCUT2D eigenvalue weighted by molar-refractivity contribution is 4.94. The molecule has 6 N–H and O–H groups in total. The largest absolute Gasteiger partial charge is 0.394 e. The molecule has 0 aromatic heterocycles. The summed E-state index contributed by atoms with van der Waals surface area (Å²) in [4.78, 5) is 0. The summed E-state index contributed by atoms with van der Waals surface area (Å²) in [5, 5.41) is 59.1. The molecule has 0 aromatic carbocycles. The SMILES string of the molecule is COC(OC)C(O)C1OCC(O)C1O[C@@H]1O[C@H](CO)[C@H](O)[C@@H](O)[C@H]1O. The van der Waals surface area contributed by atoms with Crippen molar-refractivity contribution in [3.05, 3.63) is 0 Å². The first-order valence-corrected chi connectivity index (χ1v) is 7.85. The number of hydrogen-bond donors (Lipinski definition) is 6. The van der Waals surface area contributed by atoms with Crippen molar-refractivity contribution in [3.63, 3.8) is 0 Å². The Morgan fingerprint density at radius 1 is 1.04 bits per heavy atom. The van der Waals surface area contributed by atoms with Crippen LogP contribution in [0.25, 0.3) is 0 Å². The number of ether oxygens (including phenoxy) is 5. The van der Waals surface area contributed by atoms with Gasteiger partial charge in [-0.25, -0.2) is 0 Å². The zero-order chi connectivity index (χ0) is 18.7.